The lowest BCUT2D eigenvalue weighted by Gasteiger charge is -2.40. The second-order valence-corrected chi connectivity index (χ2v) is 6.36. The molecule has 1 saturated heterocycles. The van der Waals surface area contributed by atoms with Gasteiger partial charge in [0.1, 0.15) is 5.82 Å². The number of halogens is 2. The Morgan fingerprint density at radius 2 is 2.23 bits per heavy atom. The maximum absolute atomic E-state index is 14.0. The van der Waals surface area contributed by atoms with E-state index in [1.807, 2.05) is 0 Å². The van der Waals surface area contributed by atoms with E-state index in [9.17, 15) is 14.3 Å². The molecule has 1 aliphatic heterocycles. The highest BCUT2D eigenvalue weighted by Gasteiger charge is 2.40. The molecule has 1 aliphatic carbocycles. The molecule has 0 spiro atoms. The minimum Gasteiger partial charge on any atom is -0.393 e. The molecule has 1 saturated carbocycles. The molecule has 0 aromatic heterocycles. The fourth-order valence-corrected chi connectivity index (χ4v) is 3.62. The van der Waals surface area contributed by atoms with Gasteiger partial charge in [-0.15, -0.1) is 0 Å². The minimum atomic E-state index is -0.616. The molecule has 120 valence electrons. The van der Waals surface area contributed by atoms with E-state index in [-0.39, 0.29) is 28.5 Å². The molecule has 1 aromatic carbocycles. The van der Waals surface area contributed by atoms with Crippen LogP contribution in [-0.4, -0.2) is 47.8 Å². The fraction of sp³-hybridized carbons (Fsp3) is 0.562. The zero-order chi connectivity index (χ0) is 15.7. The van der Waals surface area contributed by atoms with E-state index in [4.69, 9.17) is 16.3 Å². The molecule has 1 aromatic rings. The van der Waals surface area contributed by atoms with E-state index in [1.165, 1.54) is 12.1 Å². The Morgan fingerprint density at radius 1 is 1.41 bits per heavy atom. The first-order valence-electron chi connectivity index (χ1n) is 7.60. The van der Waals surface area contributed by atoms with Crippen LogP contribution < -0.4 is 0 Å². The monoisotopic (exact) mass is 327 g/mol. The maximum Gasteiger partial charge on any atom is 0.257 e. The third-order valence-electron chi connectivity index (χ3n) is 4.61. The largest absolute Gasteiger partial charge is 0.393 e. The molecular weight excluding hydrogens is 309 g/mol. The third-order valence-corrected chi connectivity index (χ3v) is 4.85. The highest BCUT2D eigenvalue weighted by molar-refractivity contribution is 6.30. The fourth-order valence-electron chi connectivity index (χ4n) is 3.47. The Hall–Kier alpha value is -1.17. The number of carbonyl (C=O) groups is 1. The van der Waals surface area contributed by atoms with Crippen molar-refractivity contribution in [3.05, 3.63) is 34.6 Å². The second-order valence-electron chi connectivity index (χ2n) is 5.93. The van der Waals surface area contributed by atoms with Gasteiger partial charge in [0.25, 0.3) is 5.91 Å². The van der Waals surface area contributed by atoms with E-state index in [0.29, 0.717) is 19.8 Å². The summed E-state index contributed by atoms with van der Waals surface area (Å²) >= 11 is 5.74. The van der Waals surface area contributed by atoms with Gasteiger partial charge in [-0.1, -0.05) is 18.0 Å². The third kappa shape index (κ3) is 2.98. The number of ether oxygens (including phenoxy) is 1. The number of hydrogen-bond acceptors (Lipinski definition) is 3. The van der Waals surface area contributed by atoms with Crippen LogP contribution in [0.1, 0.15) is 29.6 Å². The van der Waals surface area contributed by atoms with Crippen molar-refractivity contribution in [2.24, 2.45) is 5.92 Å². The van der Waals surface area contributed by atoms with Crippen LogP contribution in [0.25, 0.3) is 0 Å². The van der Waals surface area contributed by atoms with Crippen LogP contribution in [0.3, 0.4) is 0 Å². The Bertz CT molecular complexity index is 568. The molecule has 1 heterocycles. The van der Waals surface area contributed by atoms with Gasteiger partial charge in [-0.2, -0.15) is 0 Å². The SMILES string of the molecule is O=C(c1ccc(Cl)cc1F)N1CCOC[C@@H]1[C@@H]1CCC[C@H]1O. The van der Waals surface area contributed by atoms with Gasteiger partial charge in [-0.25, -0.2) is 4.39 Å². The van der Waals surface area contributed by atoms with Crippen molar-refractivity contribution in [3.63, 3.8) is 0 Å². The molecule has 4 nitrogen and oxygen atoms in total. The summed E-state index contributed by atoms with van der Waals surface area (Å²) in [5, 5.41) is 10.4. The number of morpholine rings is 1. The summed E-state index contributed by atoms with van der Waals surface area (Å²) in [7, 11) is 0. The zero-order valence-corrected chi connectivity index (χ0v) is 12.9. The molecule has 22 heavy (non-hydrogen) atoms. The van der Waals surface area contributed by atoms with Crippen molar-refractivity contribution >= 4 is 17.5 Å². The quantitative estimate of drug-likeness (QED) is 0.908. The molecule has 0 radical (unpaired) electrons. The van der Waals surface area contributed by atoms with Gasteiger partial charge in [0.2, 0.25) is 0 Å². The summed E-state index contributed by atoms with van der Waals surface area (Å²) in [5.74, 6) is -0.976. The highest BCUT2D eigenvalue weighted by Crippen LogP contribution is 2.33. The van der Waals surface area contributed by atoms with Crippen molar-refractivity contribution in [1.82, 2.24) is 4.90 Å². The number of rotatable bonds is 2. The molecule has 3 atom stereocenters. The number of hydrogen-bond donors (Lipinski definition) is 1. The number of aliphatic hydroxyl groups is 1. The smallest absolute Gasteiger partial charge is 0.257 e. The van der Waals surface area contributed by atoms with E-state index in [0.717, 1.165) is 25.3 Å². The van der Waals surface area contributed by atoms with Crippen LogP contribution in [-0.2, 0) is 4.74 Å². The van der Waals surface area contributed by atoms with Gasteiger partial charge >= 0.3 is 0 Å². The van der Waals surface area contributed by atoms with Crippen molar-refractivity contribution in [1.29, 1.82) is 0 Å². The van der Waals surface area contributed by atoms with E-state index in [1.54, 1.807) is 4.90 Å². The van der Waals surface area contributed by atoms with Crippen molar-refractivity contribution in [3.8, 4) is 0 Å². The topological polar surface area (TPSA) is 49.8 Å². The van der Waals surface area contributed by atoms with Crippen molar-refractivity contribution in [2.45, 2.75) is 31.4 Å². The van der Waals surface area contributed by atoms with Crippen molar-refractivity contribution < 1.29 is 19.0 Å². The highest BCUT2D eigenvalue weighted by atomic mass is 35.5. The first-order chi connectivity index (χ1) is 10.6. The second kappa shape index (κ2) is 6.52. The standard InChI is InChI=1S/C16H19ClFNO3/c17-10-4-5-11(13(18)8-10)16(21)19-6-7-22-9-14(19)12-2-1-3-15(12)20/h4-5,8,12,14-15,20H,1-3,6-7,9H2/t12-,14+,15+/m0/s1. The number of benzene rings is 1. The molecule has 1 amide bonds. The van der Waals surface area contributed by atoms with Crippen LogP contribution in [0, 0.1) is 11.7 Å². The van der Waals surface area contributed by atoms with Crippen LogP contribution >= 0.6 is 11.6 Å². The summed E-state index contributed by atoms with van der Waals surface area (Å²) in [6, 6.07) is 3.87. The average Bonchev–Trinajstić information content (AvgIpc) is 2.93. The maximum atomic E-state index is 14.0. The number of amides is 1. The number of carbonyl (C=O) groups excluding carboxylic acids is 1. The lowest BCUT2D eigenvalue weighted by Crippen LogP contribution is -2.53. The molecule has 0 bridgehead atoms. The number of nitrogens with zero attached hydrogens (tertiary/aromatic N) is 1. The Morgan fingerprint density at radius 3 is 2.91 bits per heavy atom. The first-order valence-corrected chi connectivity index (χ1v) is 7.97. The number of aliphatic hydroxyl groups excluding tert-OH is 1. The van der Waals surface area contributed by atoms with Crippen LogP contribution in [0.5, 0.6) is 0 Å². The van der Waals surface area contributed by atoms with Gasteiger partial charge in [-0.3, -0.25) is 4.79 Å². The minimum absolute atomic E-state index is 0.000360. The summed E-state index contributed by atoms with van der Waals surface area (Å²) in [6.45, 7) is 1.23. The van der Waals surface area contributed by atoms with Crippen LogP contribution in [0.15, 0.2) is 18.2 Å². The lowest BCUT2D eigenvalue weighted by atomic mass is 9.93. The van der Waals surface area contributed by atoms with Crippen LogP contribution in [0.4, 0.5) is 4.39 Å². The molecule has 2 fully saturated rings. The molecular formula is C16H19ClFNO3. The summed E-state index contributed by atoms with van der Waals surface area (Å²) < 4.78 is 19.5. The van der Waals surface area contributed by atoms with E-state index >= 15 is 0 Å². The molecule has 3 rings (SSSR count). The van der Waals surface area contributed by atoms with Gasteiger partial charge < -0.3 is 14.7 Å². The molecule has 1 N–H and O–H groups in total. The van der Waals surface area contributed by atoms with E-state index in [2.05, 4.69) is 0 Å². The Kier molecular flexibility index (Phi) is 4.66. The predicted octanol–water partition coefficient (Wildman–Crippen LogP) is 2.48. The van der Waals surface area contributed by atoms with Crippen molar-refractivity contribution in [2.75, 3.05) is 19.8 Å². The van der Waals surface area contributed by atoms with Crippen LogP contribution in [0.2, 0.25) is 5.02 Å². The Labute approximate surface area is 133 Å². The lowest BCUT2D eigenvalue weighted by molar-refractivity contribution is -0.0385. The van der Waals surface area contributed by atoms with Gasteiger partial charge in [-0.05, 0) is 31.0 Å². The molecule has 0 unspecified atom stereocenters. The molecule has 6 heteroatoms. The first kappa shape index (κ1) is 15.7. The normalized spacial score (nSPS) is 28.9. The van der Waals surface area contributed by atoms with Gasteiger partial charge in [0.05, 0.1) is 30.9 Å². The summed E-state index contributed by atoms with van der Waals surface area (Å²) in [4.78, 5) is 14.4. The van der Waals surface area contributed by atoms with Gasteiger partial charge in [0, 0.05) is 17.5 Å². The summed E-state index contributed by atoms with van der Waals surface area (Å²) in [5.41, 5.74) is 0.0174. The zero-order valence-electron chi connectivity index (χ0n) is 12.2. The predicted molar refractivity (Wildman–Crippen MR) is 80.4 cm³/mol. The van der Waals surface area contributed by atoms with Gasteiger partial charge in [0.15, 0.2) is 0 Å². The molecule has 2 aliphatic rings. The van der Waals surface area contributed by atoms with E-state index < -0.39 is 11.9 Å². The Balaban J connectivity index is 1.85. The summed E-state index contributed by atoms with van der Waals surface area (Å²) in [6.07, 6.45) is 2.14. The average molecular weight is 328 g/mol.